The second-order valence-electron chi connectivity index (χ2n) is 8.04. The van der Waals surface area contributed by atoms with E-state index in [1.165, 1.54) is 0 Å². The SMILES string of the molecule is CC(C)(C)c1c(C(C)(C)C)[n+]([O-])nn1C(C)(C)C. The summed E-state index contributed by atoms with van der Waals surface area (Å²) in [6.07, 6.45) is 0. The highest BCUT2D eigenvalue weighted by Crippen LogP contribution is 2.33. The zero-order valence-electron chi connectivity index (χ0n) is 13.2. The fourth-order valence-corrected chi connectivity index (χ4v) is 2.15. The van der Waals surface area contributed by atoms with E-state index in [1.54, 1.807) is 0 Å². The monoisotopic (exact) mass is 253 g/mol. The third-order valence-electron chi connectivity index (χ3n) is 2.85. The zero-order valence-corrected chi connectivity index (χ0v) is 13.2. The van der Waals surface area contributed by atoms with Crippen LogP contribution in [0.2, 0.25) is 0 Å². The lowest BCUT2D eigenvalue weighted by Crippen LogP contribution is -2.40. The van der Waals surface area contributed by atoms with Gasteiger partial charge in [-0.15, -0.1) is 9.53 Å². The summed E-state index contributed by atoms with van der Waals surface area (Å²) in [5, 5.41) is 16.4. The van der Waals surface area contributed by atoms with E-state index in [0.717, 1.165) is 16.2 Å². The molecule has 0 radical (unpaired) electrons. The van der Waals surface area contributed by atoms with Crippen LogP contribution in [0.1, 0.15) is 73.7 Å². The van der Waals surface area contributed by atoms with Gasteiger partial charge in [0, 0.05) is 10.8 Å². The van der Waals surface area contributed by atoms with Crippen molar-refractivity contribution in [2.75, 3.05) is 0 Å². The van der Waals surface area contributed by atoms with Crippen molar-refractivity contribution in [3.05, 3.63) is 16.6 Å². The molecule has 0 saturated carbocycles. The van der Waals surface area contributed by atoms with Gasteiger partial charge in [0.2, 0.25) is 0 Å². The van der Waals surface area contributed by atoms with Gasteiger partial charge in [-0.3, -0.25) is 0 Å². The van der Waals surface area contributed by atoms with Gasteiger partial charge in [0.15, 0.2) is 11.4 Å². The molecule has 0 fully saturated rings. The van der Waals surface area contributed by atoms with Crippen LogP contribution in [-0.2, 0) is 16.4 Å². The molecular formula is C14H27N3O. The van der Waals surface area contributed by atoms with Gasteiger partial charge < -0.3 is 5.21 Å². The number of aromatic nitrogens is 3. The molecule has 1 aromatic rings. The molecular weight excluding hydrogens is 226 g/mol. The number of nitrogens with zero attached hydrogens (tertiary/aromatic N) is 3. The Morgan fingerprint density at radius 3 is 1.61 bits per heavy atom. The van der Waals surface area contributed by atoms with Gasteiger partial charge in [0.05, 0.1) is 5.21 Å². The fourth-order valence-electron chi connectivity index (χ4n) is 2.15. The third kappa shape index (κ3) is 2.68. The zero-order chi connectivity index (χ0) is 14.5. The smallest absolute Gasteiger partial charge is 0.181 e. The van der Waals surface area contributed by atoms with Gasteiger partial charge in [0.25, 0.3) is 0 Å². The average molecular weight is 253 g/mol. The van der Waals surface area contributed by atoms with E-state index in [1.807, 2.05) is 4.68 Å². The maximum atomic E-state index is 12.2. The van der Waals surface area contributed by atoms with Gasteiger partial charge in [-0.1, -0.05) is 41.5 Å². The quantitative estimate of drug-likeness (QED) is 0.527. The predicted molar refractivity (Wildman–Crippen MR) is 73.6 cm³/mol. The molecule has 1 aromatic heterocycles. The van der Waals surface area contributed by atoms with Crippen LogP contribution in [0.3, 0.4) is 0 Å². The van der Waals surface area contributed by atoms with Crippen LogP contribution < -0.4 is 4.85 Å². The van der Waals surface area contributed by atoms with Gasteiger partial charge in [0.1, 0.15) is 5.54 Å². The minimum Gasteiger partial charge on any atom is -0.691 e. The fraction of sp³-hybridized carbons (Fsp3) is 0.857. The van der Waals surface area contributed by atoms with Crippen LogP contribution in [0.5, 0.6) is 0 Å². The largest absolute Gasteiger partial charge is 0.691 e. The highest BCUT2D eigenvalue weighted by atomic mass is 16.5. The Bertz CT molecular complexity index is 439. The van der Waals surface area contributed by atoms with Crippen LogP contribution in [0.4, 0.5) is 0 Å². The molecule has 0 atom stereocenters. The Kier molecular flexibility index (Phi) is 3.31. The maximum absolute atomic E-state index is 12.2. The molecule has 104 valence electrons. The average Bonchev–Trinajstić information content (AvgIpc) is 2.39. The molecule has 0 aliphatic rings. The second-order valence-corrected chi connectivity index (χ2v) is 8.04. The first-order chi connectivity index (χ1) is 7.76. The highest BCUT2D eigenvalue weighted by molar-refractivity contribution is 5.23. The first-order valence-electron chi connectivity index (χ1n) is 6.50. The van der Waals surface area contributed by atoms with E-state index in [2.05, 4.69) is 67.5 Å². The van der Waals surface area contributed by atoms with Crippen molar-refractivity contribution in [3.63, 3.8) is 0 Å². The molecule has 4 nitrogen and oxygen atoms in total. The van der Waals surface area contributed by atoms with Crippen molar-refractivity contribution < 1.29 is 4.85 Å². The molecule has 18 heavy (non-hydrogen) atoms. The van der Waals surface area contributed by atoms with Gasteiger partial charge in [-0.05, 0) is 20.8 Å². The maximum Gasteiger partial charge on any atom is 0.181 e. The molecule has 0 aromatic carbocycles. The van der Waals surface area contributed by atoms with E-state index >= 15 is 0 Å². The molecule has 0 spiro atoms. The molecule has 4 heteroatoms. The lowest BCUT2D eigenvalue weighted by Gasteiger charge is -2.25. The van der Waals surface area contributed by atoms with Crippen LogP contribution in [0.15, 0.2) is 0 Å². The van der Waals surface area contributed by atoms with Crippen molar-refractivity contribution in [2.45, 2.75) is 78.7 Å². The molecule has 1 heterocycles. The summed E-state index contributed by atoms with van der Waals surface area (Å²) in [6.45, 7) is 18.8. The summed E-state index contributed by atoms with van der Waals surface area (Å²) in [4.78, 5) is 0.797. The van der Waals surface area contributed by atoms with E-state index in [-0.39, 0.29) is 16.4 Å². The van der Waals surface area contributed by atoms with Crippen molar-refractivity contribution >= 4 is 0 Å². The minimum absolute atomic E-state index is 0.113. The topological polar surface area (TPSA) is 44.8 Å². The van der Waals surface area contributed by atoms with Crippen LogP contribution >= 0.6 is 0 Å². The van der Waals surface area contributed by atoms with E-state index in [0.29, 0.717) is 0 Å². The lowest BCUT2D eigenvalue weighted by molar-refractivity contribution is -0.682. The van der Waals surface area contributed by atoms with Crippen molar-refractivity contribution in [1.29, 1.82) is 0 Å². The predicted octanol–water partition coefficient (Wildman–Crippen LogP) is 2.87. The van der Waals surface area contributed by atoms with Gasteiger partial charge in [-0.25, -0.2) is 0 Å². The first-order valence-corrected chi connectivity index (χ1v) is 6.50. The Balaban J connectivity index is 3.70. The van der Waals surface area contributed by atoms with E-state index in [9.17, 15) is 5.21 Å². The minimum atomic E-state index is -0.214. The molecule has 0 aliphatic heterocycles. The molecule has 0 amide bonds. The third-order valence-corrected chi connectivity index (χ3v) is 2.85. The van der Waals surface area contributed by atoms with Gasteiger partial charge in [-0.2, -0.15) is 0 Å². The Morgan fingerprint density at radius 1 is 0.889 bits per heavy atom. The van der Waals surface area contributed by atoms with E-state index in [4.69, 9.17) is 0 Å². The molecule has 0 bridgehead atoms. The second kappa shape index (κ2) is 3.97. The molecule has 1 rings (SSSR count). The first kappa shape index (κ1) is 15.0. The number of rotatable bonds is 0. The van der Waals surface area contributed by atoms with Crippen molar-refractivity contribution in [1.82, 2.24) is 9.90 Å². The molecule has 0 N–H and O–H groups in total. The van der Waals surface area contributed by atoms with Crippen molar-refractivity contribution in [3.8, 4) is 0 Å². The number of hydrogen-bond acceptors (Lipinski definition) is 2. The summed E-state index contributed by atoms with van der Waals surface area (Å²) >= 11 is 0. The standard InChI is InChI=1S/C14H27N3O/c1-12(2,3)10-11(13(4,5)6)17(18)15-16(10)14(7,8)9/h1-9H3. The van der Waals surface area contributed by atoms with Crippen LogP contribution in [0.25, 0.3) is 0 Å². The summed E-state index contributed by atoms with van der Waals surface area (Å²) in [6, 6.07) is 0. The summed E-state index contributed by atoms with van der Waals surface area (Å²) < 4.78 is 1.88. The Labute approximate surface area is 111 Å². The Morgan fingerprint density at radius 2 is 1.33 bits per heavy atom. The summed E-state index contributed by atoms with van der Waals surface area (Å²) in [7, 11) is 0. The highest BCUT2D eigenvalue weighted by Gasteiger charge is 2.41. The Hall–Kier alpha value is -1.06. The molecule has 0 unspecified atom stereocenters. The lowest BCUT2D eigenvalue weighted by atomic mass is 9.81. The van der Waals surface area contributed by atoms with Gasteiger partial charge >= 0.3 is 0 Å². The molecule has 0 saturated heterocycles. The van der Waals surface area contributed by atoms with Crippen LogP contribution in [0, 0.1) is 5.21 Å². The molecule has 0 aliphatic carbocycles. The normalized spacial score (nSPS) is 14.1. The number of hydrogen-bond donors (Lipinski definition) is 0. The summed E-state index contributed by atoms with van der Waals surface area (Å²) in [5.74, 6) is 0. The van der Waals surface area contributed by atoms with E-state index < -0.39 is 0 Å². The van der Waals surface area contributed by atoms with Crippen LogP contribution in [-0.4, -0.2) is 9.90 Å². The summed E-state index contributed by atoms with van der Waals surface area (Å²) in [5.41, 5.74) is 1.27. The van der Waals surface area contributed by atoms with Crippen molar-refractivity contribution in [2.24, 2.45) is 0 Å².